The van der Waals surface area contributed by atoms with Crippen LogP contribution in [0.15, 0.2) is 66.9 Å². The molecule has 0 spiro atoms. The smallest absolute Gasteiger partial charge is 0.221 e. The summed E-state index contributed by atoms with van der Waals surface area (Å²) in [6.07, 6.45) is 2.07. The molecule has 32 heavy (non-hydrogen) atoms. The number of carbonyl (C=O) groups excluding carboxylic acids is 1. The van der Waals surface area contributed by atoms with Gasteiger partial charge in [0, 0.05) is 12.6 Å². The lowest BCUT2D eigenvalue weighted by Crippen LogP contribution is -2.30. The maximum absolute atomic E-state index is 13.4. The number of carbonyl (C=O) groups is 1. The summed E-state index contributed by atoms with van der Waals surface area (Å²) in [7, 11) is 1.63. The molecule has 0 bridgehead atoms. The van der Waals surface area contributed by atoms with E-state index in [1.807, 2.05) is 47.9 Å². The number of hydrogen-bond acceptors (Lipinski definition) is 4. The van der Waals surface area contributed by atoms with Gasteiger partial charge in [-0.25, -0.2) is 14.4 Å². The van der Waals surface area contributed by atoms with E-state index in [1.54, 1.807) is 25.4 Å². The van der Waals surface area contributed by atoms with E-state index in [1.165, 1.54) is 12.1 Å². The molecule has 0 aliphatic heterocycles. The fraction of sp³-hybridized carbons (Fsp3) is 0.240. The predicted molar refractivity (Wildman–Crippen MR) is 121 cm³/mol. The molecule has 2 N–H and O–H groups in total. The van der Waals surface area contributed by atoms with Gasteiger partial charge in [-0.2, -0.15) is 0 Å². The predicted octanol–water partition coefficient (Wildman–Crippen LogP) is 4.08. The zero-order chi connectivity index (χ0) is 22.7. The largest absolute Gasteiger partial charge is 0.497 e. The van der Waals surface area contributed by atoms with Crippen molar-refractivity contribution < 1.29 is 13.9 Å². The monoisotopic (exact) mass is 432 g/mol. The lowest BCUT2D eigenvalue weighted by Gasteiger charge is -2.22. The zero-order valence-corrected chi connectivity index (χ0v) is 18.0. The van der Waals surface area contributed by atoms with Gasteiger partial charge in [-0.15, -0.1) is 0 Å². The summed E-state index contributed by atoms with van der Waals surface area (Å²) in [6.45, 7) is 2.47. The number of ether oxygens (including phenoxy) is 1. The molecule has 1 unspecified atom stereocenters. The number of fused-ring (bicyclic) bond motifs is 1. The molecule has 0 fully saturated rings. The third-order valence-electron chi connectivity index (χ3n) is 5.85. The first-order chi connectivity index (χ1) is 15.5. The molecule has 1 amide bonds. The molecule has 0 saturated carbocycles. The van der Waals surface area contributed by atoms with Gasteiger partial charge >= 0.3 is 0 Å². The van der Waals surface area contributed by atoms with Gasteiger partial charge in [0.25, 0.3) is 0 Å². The highest BCUT2D eigenvalue weighted by Crippen LogP contribution is 2.29. The Hall–Kier alpha value is -3.74. The Balaban J connectivity index is 1.69. The molecule has 2 heterocycles. The first kappa shape index (κ1) is 21.5. The van der Waals surface area contributed by atoms with Gasteiger partial charge in [0.15, 0.2) is 5.65 Å². The van der Waals surface area contributed by atoms with Crippen molar-refractivity contribution in [3.05, 3.63) is 89.6 Å². The van der Waals surface area contributed by atoms with Crippen molar-refractivity contribution in [2.45, 2.75) is 25.8 Å². The summed E-state index contributed by atoms with van der Waals surface area (Å²) in [4.78, 5) is 21.7. The van der Waals surface area contributed by atoms with Gasteiger partial charge in [0.1, 0.15) is 22.9 Å². The Morgan fingerprint density at radius 3 is 2.50 bits per heavy atom. The Labute approximate surface area is 185 Å². The Bertz CT molecular complexity index is 1220. The zero-order valence-electron chi connectivity index (χ0n) is 18.0. The molecule has 2 aromatic carbocycles. The van der Waals surface area contributed by atoms with Crippen LogP contribution < -0.4 is 10.5 Å². The van der Waals surface area contributed by atoms with Crippen LogP contribution >= 0.6 is 0 Å². The number of hydrogen-bond donors (Lipinski definition) is 1. The van der Waals surface area contributed by atoms with Crippen LogP contribution in [0.5, 0.6) is 5.75 Å². The quantitative estimate of drug-likeness (QED) is 0.455. The lowest BCUT2D eigenvalue weighted by molar-refractivity contribution is -0.122. The van der Waals surface area contributed by atoms with Crippen LogP contribution in [-0.4, -0.2) is 27.6 Å². The Morgan fingerprint density at radius 2 is 1.84 bits per heavy atom. The molecule has 6 nitrogen and oxygen atoms in total. The minimum Gasteiger partial charge on any atom is -0.497 e. The van der Waals surface area contributed by atoms with E-state index in [0.717, 1.165) is 33.9 Å². The molecule has 0 aliphatic carbocycles. The fourth-order valence-corrected chi connectivity index (χ4v) is 3.96. The lowest BCUT2D eigenvalue weighted by atomic mass is 9.84. The van der Waals surface area contributed by atoms with Crippen molar-refractivity contribution in [3.8, 4) is 5.75 Å². The number of aromatic nitrogens is 3. The van der Waals surface area contributed by atoms with E-state index in [9.17, 15) is 9.18 Å². The third-order valence-corrected chi connectivity index (χ3v) is 5.85. The number of benzene rings is 2. The topological polar surface area (TPSA) is 83.0 Å². The summed E-state index contributed by atoms with van der Waals surface area (Å²) in [5.41, 5.74) is 9.21. The molecule has 164 valence electrons. The van der Waals surface area contributed by atoms with Crippen LogP contribution in [0.1, 0.15) is 29.8 Å². The van der Waals surface area contributed by atoms with Crippen LogP contribution in [0.2, 0.25) is 0 Å². The van der Waals surface area contributed by atoms with Crippen molar-refractivity contribution >= 4 is 17.1 Å². The highest BCUT2D eigenvalue weighted by molar-refractivity contribution is 5.78. The second-order valence-electron chi connectivity index (χ2n) is 7.86. The van der Waals surface area contributed by atoms with Gasteiger partial charge in [-0.1, -0.05) is 31.2 Å². The van der Waals surface area contributed by atoms with Gasteiger partial charge < -0.3 is 15.0 Å². The number of amides is 1. The Morgan fingerprint density at radius 1 is 1.12 bits per heavy atom. The average Bonchev–Trinajstić information content (AvgIpc) is 3.15. The second kappa shape index (κ2) is 9.18. The van der Waals surface area contributed by atoms with Crippen LogP contribution in [-0.2, 0) is 17.8 Å². The van der Waals surface area contributed by atoms with Gasteiger partial charge in [0.2, 0.25) is 5.91 Å². The first-order valence-corrected chi connectivity index (χ1v) is 10.4. The summed E-state index contributed by atoms with van der Waals surface area (Å²) < 4.78 is 20.6. The normalized spacial score (nSPS) is 13.1. The van der Waals surface area contributed by atoms with E-state index < -0.39 is 11.8 Å². The minimum absolute atomic E-state index is 0.199. The maximum atomic E-state index is 13.4. The third kappa shape index (κ3) is 4.46. The summed E-state index contributed by atoms with van der Waals surface area (Å²) in [6, 6.07) is 17.7. The van der Waals surface area contributed by atoms with E-state index in [-0.39, 0.29) is 11.7 Å². The molecule has 0 radical (unpaired) electrons. The van der Waals surface area contributed by atoms with Crippen LogP contribution in [0.3, 0.4) is 0 Å². The highest BCUT2D eigenvalue weighted by atomic mass is 19.1. The molecular weight excluding hydrogens is 407 g/mol. The number of nitrogens with two attached hydrogens (primary N) is 1. The SMILES string of the molecule is COc1ccc(Cn2c(CC(C(N)=O)[C@H](C)c3ccc(F)cc3)nc3cccnc32)cc1. The van der Waals surface area contributed by atoms with Crippen LogP contribution in [0, 0.1) is 11.7 Å². The summed E-state index contributed by atoms with van der Waals surface area (Å²) in [5.74, 6) is 0.0701. The molecular formula is C25H25FN4O2. The maximum Gasteiger partial charge on any atom is 0.221 e. The number of halogens is 1. The van der Waals surface area contributed by atoms with E-state index >= 15 is 0 Å². The molecule has 2 aromatic heterocycles. The summed E-state index contributed by atoms with van der Waals surface area (Å²) >= 11 is 0. The first-order valence-electron chi connectivity index (χ1n) is 10.4. The number of pyridine rings is 1. The van der Waals surface area contributed by atoms with Gasteiger partial charge in [-0.3, -0.25) is 4.79 Å². The number of rotatable bonds is 8. The van der Waals surface area contributed by atoms with Crippen molar-refractivity contribution in [2.24, 2.45) is 11.7 Å². The second-order valence-corrected chi connectivity index (χ2v) is 7.86. The molecule has 0 aliphatic rings. The minimum atomic E-state index is -0.508. The fourth-order valence-electron chi connectivity index (χ4n) is 3.96. The van der Waals surface area contributed by atoms with Crippen LogP contribution in [0.4, 0.5) is 4.39 Å². The molecule has 7 heteroatoms. The van der Waals surface area contributed by atoms with E-state index in [4.69, 9.17) is 15.5 Å². The number of primary amides is 1. The molecule has 4 rings (SSSR count). The number of methoxy groups -OCH3 is 1. The average molecular weight is 432 g/mol. The molecule has 4 aromatic rings. The highest BCUT2D eigenvalue weighted by Gasteiger charge is 2.27. The number of nitrogens with zero attached hydrogens (tertiary/aromatic N) is 3. The van der Waals surface area contributed by atoms with Crippen molar-refractivity contribution in [1.82, 2.24) is 14.5 Å². The van der Waals surface area contributed by atoms with E-state index in [2.05, 4.69) is 4.98 Å². The van der Waals surface area contributed by atoms with E-state index in [0.29, 0.717) is 13.0 Å². The van der Waals surface area contributed by atoms with Crippen molar-refractivity contribution in [1.29, 1.82) is 0 Å². The Kier molecular flexibility index (Phi) is 6.16. The standard InChI is InChI=1S/C25H25FN4O2/c1-16(18-7-9-19(26)10-8-18)21(24(27)31)14-23-29-22-4-3-13-28-25(22)30(23)15-17-5-11-20(32-2)12-6-17/h3-13,16,21H,14-15H2,1-2H3,(H2,27,31)/t16-,21?/m1/s1. The van der Waals surface area contributed by atoms with Gasteiger partial charge in [0.05, 0.1) is 19.6 Å². The summed E-state index contributed by atoms with van der Waals surface area (Å²) in [5, 5.41) is 0. The van der Waals surface area contributed by atoms with Crippen LogP contribution in [0.25, 0.3) is 11.2 Å². The van der Waals surface area contributed by atoms with Crippen molar-refractivity contribution in [2.75, 3.05) is 7.11 Å². The molecule has 0 saturated heterocycles. The number of imidazole rings is 1. The van der Waals surface area contributed by atoms with Gasteiger partial charge in [-0.05, 0) is 53.4 Å². The van der Waals surface area contributed by atoms with Crippen molar-refractivity contribution in [3.63, 3.8) is 0 Å². The molecule has 2 atom stereocenters.